The molecule has 1 aromatic rings. The normalized spacial score (nSPS) is 12.8. The van der Waals surface area contributed by atoms with Crippen molar-refractivity contribution in [3.8, 4) is 0 Å². The molecule has 0 amide bonds. The first-order chi connectivity index (χ1) is 8.69. The van der Waals surface area contributed by atoms with Crippen LogP contribution in [-0.4, -0.2) is 31.4 Å². The van der Waals surface area contributed by atoms with Gasteiger partial charge in [-0.1, -0.05) is 6.08 Å². The van der Waals surface area contributed by atoms with Crippen LogP contribution < -0.4 is 0 Å². The second kappa shape index (κ2) is 7.68. The maximum atomic E-state index is 11.0. The number of esters is 1. The zero-order chi connectivity index (χ0) is 13.4. The lowest BCUT2D eigenvalue weighted by Gasteiger charge is -2.09. The Morgan fingerprint density at radius 2 is 2.28 bits per heavy atom. The summed E-state index contributed by atoms with van der Waals surface area (Å²) in [6.07, 6.45) is 4.24. The largest absolute Gasteiger partial charge is 0.469 e. The van der Waals surface area contributed by atoms with Gasteiger partial charge in [-0.25, -0.2) is 0 Å². The average Bonchev–Trinajstić information content (AvgIpc) is 2.86. The highest BCUT2D eigenvalue weighted by Crippen LogP contribution is 2.12. The van der Waals surface area contributed by atoms with E-state index in [1.807, 2.05) is 6.08 Å². The molecule has 0 saturated heterocycles. The molecule has 1 atom stereocenters. The number of rotatable bonds is 7. The highest BCUT2D eigenvalue weighted by Gasteiger charge is 2.07. The molecular weight excluding hydrogens is 236 g/mol. The van der Waals surface area contributed by atoms with E-state index in [4.69, 9.17) is 14.3 Å². The van der Waals surface area contributed by atoms with Crippen molar-refractivity contribution < 1.29 is 23.8 Å². The molecule has 0 aliphatic rings. The molecule has 0 aliphatic carbocycles. The molecule has 5 heteroatoms. The molecule has 0 radical (unpaired) electrons. The summed E-state index contributed by atoms with van der Waals surface area (Å²) in [7, 11) is 2.94. The zero-order valence-electron chi connectivity index (χ0n) is 10.6. The predicted molar refractivity (Wildman–Crippen MR) is 65.7 cm³/mol. The lowest BCUT2D eigenvalue weighted by Crippen LogP contribution is -2.10. The summed E-state index contributed by atoms with van der Waals surface area (Å²) in [4.78, 5) is 11.0. The van der Waals surface area contributed by atoms with Crippen LogP contribution in [0, 0.1) is 0 Å². The van der Waals surface area contributed by atoms with Gasteiger partial charge >= 0.3 is 5.97 Å². The predicted octanol–water partition coefficient (Wildman–Crippen LogP) is 1.75. The van der Waals surface area contributed by atoms with Crippen molar-refractivity contribution in [2.45, 2.75) is 25.6 Å². The molecule has 1 aromatic heterocycles. The first-order valence-electron chi connectivity index (χ1n) is 5.67. The van der Waals surface area contributed by atoms with Gasteiger partial charge in [0.1, 0.15) is 18.1 Å². The third kappa shape index (κ3) is 4.73. The number of furan rings is 1. The maximum Gasteiger partial charge on any atom is 0.305 e. The Labute approximate surface area is 106 Å². The van der Waals surface area contributed by atoms with Crippen molar-refractivity contribution in [3.05, 3.63) is 29.7 Å². The van der Waals surface area contributed by atoms with Crippen LogP contribution in [0.5, 0.6) is 0 Å². The Morgan fingerprint density at radius 3 is 2.83 bits per heavy atom. The number of hydrogen-bond acceptors (Lipinski definition) is 5. The summed E-state index contributed by atoms with van der Waals surface area (Å²) in [5.41, 5.74) is 0. The van der Waals surface area contributed by atoms with Gasteiger partial charge in [0.05, 0.1) is 13.2 Å². The topological polar surface area (TPSA) is 68.9 Å². The van der Waals surface area contributed by atoms with E-state index in [9.17, 15) is 4.79 Å². The zero-order valence-corrected chi connectivity index (χ0v) is 10.6. The number of ether oxygens (including phenoxy) is 2. The molecule has 0 aliphatic heterocycles. The fourth-order valence-corrected chi connectivity index (χ4v) is 1.43. The number of carbonyl (C=O) groups is 1. The van der Waals surface area contributed by atoms with Gasteiger partial charge in [0.15, 0.2) is 0 Å². The summed E-state index contributed by atoms with van der Waals surface area (Å²) < 4.78 is 15.1. The summed E-state index contributed by atoms with van der Waals surface area (Å²) >= 11 is 0. The summed E-state index contributed by atoms with van der Waals surface area (Å²) in [5.74, 6) is 0.892. The minimum Gasteiger partial charge on any atom is -0.469 e. The van der Waals surface area contributed by atoms with E-state index in [0.29, 0.717) is 24.4 Å². The van der Waals surface area contributed by atoms with Crippen LogP contribution in [0.2, 0.25) is 0 Å². The van der Waals surface area contributed by atoms with Gasteiger partial charge in [0.2, 0.25) is 0 Å². The fourth-order valence-electron chi connectivity index (χ4n) is 1.43. The van der Waals surface area contributed by atoms with E-state index >= 15 is 0 Å². The lowest BCUT2D eigenvalue weighted by atomic mass is 10.2. The highest BCUT2D eigenvalue weighted by atomic mass is 16.5. The summed E-state index contributed by atoms with van der Waals surface area (Å²) in [6.45, 7) is -0.121. The van der Waals surface area contributed by atoms with Gasteiger partial charge in [-0.3, -0.25) is 4.79 Å². The second-order valence-corrected chi connectivity index (χ2v) is 3.71. The number of aliphatic hydroxyl groups is 1. The maximum absolute atomic E-state index is 11.0. The Hall–Kier alpha value is -1.59. The molecule has 1 rings (SSSR count). The molecule has 1 heterocycles. The summed E-state index contributed by atoms with van der Waals surface area (Å²) in [6, 6.07) is 3.46. The van der Waals surface area contributed by atoms with Crippen LogP contribution in [0.3, 0.4) is 0 Å². The number of carbonyl (C=O) groups excluding carboxylic acids is 1. The van der Waals surface area contributed by atoms with Crippen molar-refractivity contribution in [3.63, 3.8) is 0 Å². The minimum absolute atomic E-state index is 0.121. The van der Waals surface area contributed by atoms with Crippen LogP contribution in [0.1, 0.15) is 24.4 Å². The van der Waals surface area contributed by atoms with Gasteiger partial charge in [-0.15, -0.1) is 0 Å². The van der Waals surface area contributed by atoms with E-state index in [0.717, 1.165) is 0 Å². The van der Waals surface area contributed by atoms with Crippen LogP contribution >= 0.6 is 0 Å². The third-order valence-corrected chi connectivity index (χ3v) is 2.48. The lowest BCUT2D eigenvalue weighted by molar-refractivity contribution is -0.141. The van der Waals surface area contributed by atoms with Crippen molar-refractivity contribution in [1.82, 2.24) is 0 Å². The fraction of sp³-hybridized carbons (Fsp3) is 0.462. The van der Waals surface area contributed by atoms with Crippen molar-refractivity contribution in [2.24, 2.45) is 0 Å². The van der Waals surface area contributed by atoms with Gasteiger partial charge in [-0.05, 0) is 24.6 Å². The monoisotopic (exact) mass is 254 g/mol. The first-order valence-corrected chi connectivity index (χ1v) is 5.67. The van der Waals surface area contributed by atoms with Gasteiger partial charge < -0.3 is 19.0 Å². The van der Waals surface area contributed by atoms with Gasteiger partial charge in [-0.2, -0.15) is 0 Å². The smallest absolute Gasteiger partial charge is 0.305 e. The Bertz CT molecular complexity index is 394. The van der Waals surface area contributed by atoms with Crippen LogP contribution in [0.15, 0.2) is 22.6 Å². The quantitative estimate of drug-likeness (QED) is 0.751. The number of methoxy groups -OCH3 is 2. The molecule has 0 bridgehead atoms. The third-order valence-electron chi connectivity index (χ3n) is 2.48. The van der Waals surface area contributed by atoms with Crippen LogP contribution in [0.4, 0.5) is 0 Å². The molecule has 18 heavy (non-hydrogen) atoms. The van der Waals surface area contributed by atoms with E-state index in [1.165, 1.54) is 7.11 Å². The first kappa shape index (κ1) is 14.5. The number of aliphatic hydroxyl groups excluding tert-OH is 1. The van der Waals surface area contributed by atoms with Crippen molar-refractivity contribution in [1.29, 1.82) is 0 Å². The summed E-state index contributed by atoms with van der Waals surface area (Å²) in [5, 5.41) is 8.85. The minimum atomic E-state index is -0.258. The van der Waals surface area contributed by atoms with E-state index < -0.39 is 0 Å². The SMILES string of the molecule is COC(=O)CCC(/C=C/c1ccc(CO)o1)OC. The van der Waals surface area contributed by atoms with Crippen molar-refractivity contribution >= 4 is 12.0 Å². The Morgan fingerprint density at radius 1 is 1.50 bits per heavy atom. The molecule has 0 spiro atoms. The van der Waals surface area contributed by atoms with E-state index in [-0.39, 0.29) is 18.7 Å². The Kier molecular flexibility index (Phi) is 6.18. The highest BCUT2D eigenvalue weighted by molar-refractivity contribution is 5.69. The molecule has 1 N–H and O–H groups in total. The molecule has 5 nitrogen and oxygen atoms in total. The van der Waals surface area contributed by atoms with Gasteiger partial charge in [0, 0.05) is 13.5 Å². The van der Waals surface area contributed by atoms with E-state index in [1.54, 1.807) is 25.3 Å². The molecule has 1 unspecified atom stereocenters. The second-order valence-electron chi connectivity index (χ2n) is 3.71. The van der Waals surface area contributed by atoms with E-state index in [2.05, 4.69) is 4.74 Å². The molecule has 100 valence electrons. The number of hydrogen-bond donors (Lipinski definition) is 1. The molecule has 0 fully saturated rings. The van der Waals surface area contributed by atoms with Gasteiger partial charge in [0.25, 0.3) is 0 Å². The Balaban J connectivity index is 2.48. The van der Waals surface area contributed by atoms with Crippen LogP contribution in [-0.2, 0) is 20.9 Å². The molecule has 0 saturated carbocycles. The standard InChI is InChI=1S/C13H18O5/c1-16-10(7-8-13(15)17-2)3-4-11-5-6-12(9-14)18-11/h3-6,10,14H,7-9H2,1-2H3/b4-3+. The molecular formula is C13H18O5. The molecule has 0 aromatic carbocycles. The van der Waals surface area contributed by atoms with Crippen LogP contribution in [0.25, 0.3) is 6.08 Å². The average molecular weight is 254 g/mol. The van der Waals surface area contributed by atoms with Crippen molar-refractivity contribution in [2.75, 3.05) is 14.2 Å².